The van der Waals surface area contributed by atoms with Gasteiger partial charge in [0.15, 0.2) is 0 Å². The van der Waals surface area contributed by atoms with Crippen molar-refractivity contribution in [2.45, 2.75) is 75.5 Å². The van der Waals surface area contributed by atoms with Crippen molar-refractivity contribution in [3.05, 3.63) is 120 Å². The average Bonchev–Trinajstić information content (AvgIpc) is 4.21. The maximum absolute atomic E-state index is 14.1. The minimum atomic E-state index is -0.876. The van der Waals surface area contributed by atoms with Gasteiger partial charge in [-0.05, 0) is 102 Å². The predicted octanol–water partition coefficient (Wildman–Crippen LogP) is 7.96. The SMILES string of the molecule is COC(=O)N[C@H](C(=O)N1CCC[C@H]1c1ncc(-c2ccc3cc(-c4ccc5c(c4)CCc4[nH]c([C@@H]6CCCN6C(=O)[C@H](NC(=O)OC)c6ccccc6)nc4-5)ccc3c2)[nH]1)C1CCOCC1. The zero-order chi connectivity index (χ0) is 45.3. The number of nitrogens with one attached hydrogen (secondary N) is 4. The Balaban J connectivity index is 0.841. The van der Waals surface area contributed by atoms with Gasteiger partial charge in [-0.15, -0.1) is 0 Å². The monoisotopic (exact) mass is 890 g/mol. The number of methoxy groups -OCH3 is 2. The number of alkyl carbamates (subject to hydrolysis) is 2. The molecule has 5 heterocycles. The molecule has 0 saturated carbocycles. The predicted molar refractivity (Wildman–Crippen MR) is 247 cm³/mol. The van der Waals surface area contributed by atoms with Crippen molar-refractivity contribution in [2.75, 3.05) is 40.5 Å². The summed E-state index contributed by atoms with van der Waals surface area (Å²) in [6, 6.07) is 26.8. The molecule has 15 nitrogen and oxygen atoms in total. The highest BCUT2D eigenvalue weighted by Gasteiger charge is 2.41. The molecule has 0 radical (unpaired) electrons. The molecule has 0 bridgehead atoms. The van der Waals surface area contributed by atoms with Crippen LogP contribution >= 0.6 is 0 Å². The number of likely N-dealkylation sites (tertiary alicyclic amines) is 2. The van der Waals surface area contributed by atoms with E-state index in [1.807, 2.05) is 46.3 Å². The van der Waals surface area contributed by atoms with E-state index in [4.69, 9.17) is 24.2 Å². The zero-order valence-electron chi connectivity index (χ0n) is 37.2. The Morgan fingerprint density at radius 1 is 0.712 bits per heavy atom. The van der Waals surface area contributed by atoms with Crippen LogP contribution in [0.4, 0.5) is 9.59 Å². The van der Waals surface area contributed by atoms with E-state index in [9.17, 15) is 19.2 Å². The van der Waals surface area contributed by atoms with Gasteiger partial charge in [-0.1, -0.05) is 72.8 Å². The normalized spacial score (nSPS) is 19.2. The number of amides is 4. The van der Waals surface area contributed by atoms with Crippen LogP contribution in [0.2, 0.25) is 0 Å². The quantitative estimate of drug-likeness (QED) is 0.106. The molecule has 4 aromatic carbocycles. The van der Waals surface area contributed by atoms with Crippen molar-refractivity contribution in [3.8, 4) is 33.6 Å². The number of H-pyrrole nitrogens is 2. The summed E-state index contributed by atoms with van der Waals surface area (Å²) in [6.07, 6.45) is 6.85. The molecule has 4 atom stereocenters. The van der Waals surface area contributed by atoms with Crippen LogP contribution in [0, 0.1) is 5.92 Å². The third-order valence-electron chi connectivity index (χ3n) is 13.9. The molecule has 4 aliphatic rings. The van der Waals surface area contributed by atoms with E-state index in [-0.39, 0.29) is 29.8 Å². The number of rotatable bonds is 10. The fraction of sp³-hybridized carbons (Fsp3) is 0.373. The first-order chi connectivity index (χ1) is 32.3. The van der Waals surface area contributed by atoms with Gasteiger partial charge in [0, 0.05) is 43.1 Å². The van der Waals surface area contributed by atoms with Crippen molar-refractivity contribution >= 4 is 34.8 Å². The maximum atomic E-state index is 14.1. The Morgan fingerprint density at radius 3 is 2.11 bits per heavy atom. The summed E-state index contributed by atoms with van der Waals surface area (Å²) in [4.78, 5) is 73.6. The number of fused-ring (bicyclic) bond motifs is 4. The molecule has 4 amide bonds. The summed E-state index contributed by atoms with van der Waals surface area (Å²) in [7, 11) is 2.61. The van der Waals surface area contributed by atoms with Crippen LogP contribution in [0.5, 0.6) is 0 Å². The minimum absolute atomic E-state index is 0.0296. The molecule has 3 saturated heterocycles. The summed E-state index contributed by atoms with van der Waals surface area (Å²) in [6.45, 7) is 2.28. The third kappa shape index (κ3) is 8.39. The van der Waals surface area contributed by atoms with Gasteiger partial charge >= 0.3 is 12.2 Å². The standard InChI is InChI=1S/C51H54N8O7/c1-64-50(62)56-43(30-8-4-3-5-9-30)48(60)59-23-7-11-42(59)47-53-39-19-17-36-27-35(16-18-38(36)45(39)55-47)32-12-13-34-28-37(15-14-33(34)26-32)40-29-52-46(54-40)41-10-6-22-58(41)49(61)44(57-51(63)65-2)31-20-24-66-25-21-31/h3-5,8-9,12-16,18,26-29,31,41-44H,6-7,10-11,17,19-25H2,1-2H3,(H,52,54)(H,53,55)(H,56,62)(H,57,63)/t41-,42-,43+,44-/m0/s1. The maximum Gasteiger partial charge on any atom is 0.407 e. The Morgan fingerprint density at radius 2 is 1.36 bits per heavy atom. The van der Waals surface area contributed by atoms with Gasteiger partial charge in [0.25, 0.3) is 5.91 Å². The average molecular weight is 891 g/mol. The van der Waals surface area contributed by atoms with Crippen molar-refractivity contribution in [2.24, 2.45) is 5.92 Å². The van der Waals surface area contributed by atoms with Crippen LogP contribution < -0.4 is 10.6 Å². The smallest absolute Gasteiger partial charge is 0.407 e. The number of carbonyl (C=O) groups is 4. The van der Waals surface area contributed by atoms with Gasteiger partial charge in [0.05, 0.1) is 43.9 Å². The van der Waals surface area contributed by atoms with Gasteiger partial charge < -0.3 is 44.6 Å². The highest BCUT2D eigenvalue weighted by Crippen LogP contribution is 2.40. The van der Waals surface area contributed by atoms with E-state index in [1.165, 1.54) is 19.8 Å². The first-order valence-corrected chi connectivity index (χ1v) is 23.0. The van der Waals surface area contributed by atoms with Crippen LogP contribution in [-0.2, 0) is 36.6 Å². The fourth-order valence-electron chi connectivity index (χ4n) is 10.4. The van der Waals surface area contributed by atoms with Crippen molar-refractivity contribution in [3.63, 3.8) is 0 Å². The number of ether oxygens (including phenoxy) is 3. The van der Waals surface area contributed by atoms with E-state index in [1.54, 1.807) is 0 Å². The summed E-state index contributed by atoms with van der Waals surface area (Å²) in [5, 5.41) is 7.79. The molecule has 0 spiro atoms. The van der Waals surface area contributed by atoms with Crippen LogP contribution in [0.3, 0.4) is 0 Å². The first kappa shape index (κ1) is 42.9. The summed E-state index contributed by atoms with van der Waals surface area (Å²) in [5.41, 5.74) is 9.15. The van der Waals surface area contributed by atoms with Gasteiger partial charge in [0.1, 0.15) is 23.7 Å². The molecular formula is C51H54N8O7. The van der Waals surface area contributed by atoms with Gasteiger partial charge in [0.2, 0.25) is 5.91 Å². The second-order valence-corrected chi connectivity index (χ2v) is 17.7. The molecule has 4 N–H and O–H groups in total. The molecular weight excluding hydrogens is 837 g/mol. The van der Waals surface area contributed by atoms with Crippen molar-refractivity contribution in [1.82, 2.24) is 40.4 Å². The molecule has 66 heavy (non-hydrogen) atoms. The molecule has 3 fully saturated rings. The van der Waals surface area contributed by atoms with Gasteiger partial charge in [-0.25, -0.2) is 19.6 Å². The van der Waals surface area contributed by atoms with Crippen LogP contribution in [0.15, 0.2) is 91.1 Å². The van der Waals surface area contributed by atoms with E-state index in [2.05, 4.69) is 75.2 Å². The van der Waals surface area contributed by atoms with E-state index in [0.717, 1.165) is 100 Å². The molecule has 10 rings (SSSR count). The van der Waals surface area contributed by atoms with Crippen LogP contribution in [-0.4, -0.2) is 100 Å². The molecule has 0 unspecified atom stereocenters. The highest BCUT2D eigenvalue weighted by molar-refractivity contribution is 5.91. The Bertz CT molecular complexity index is 2780. The van der Waals surface area contributed by atoms with Crippen LogP contribution in [0.25, 0.3) is 44.4 Å². The lowest BCUT2D eigenvalue weighted by molar-refractivity contribution is -0.137. The molecule has 2 aromatic heterocycles. The molecule has 3 aliphatic heterocycles. The Kier molecular flexibility index (Phi) is 12.0. The Labute approximate surface area is 382 Å². The van der Waals surface area contributed by atoms with Crippen molar-refractivity contribution in [1.29, 1.82) is 0 Å². The lowest BCUT2D eigenvalue weighted by Crippen LogP contribution is -2.53. The number of imidazole rings is 2. The number of carbonyl (C=O) groups excluding carboxylic acids is 4. The molecule has 1 aliphatic carbocycles. The number of hydrogen-bond donors (Lipinski definition) is 4. The lowest BCUT2D eigenvalue weighted by Gasteiger charge is -2.34. The zero-order valence-corrected chi connectivity index (χ0v) is 37.2. The number of aromatic amines is 2. The molecule has 6 aromatic rings. The van der Waals surface area contributed by atoms with E-state index < -0.39 is 24.3 Å². The van der Waals surface area contributed by atoms with E-state index >= 15 is 0 Å². The number of aromatic nitrogens is 4. The number of benzene rings is 4. The fourth-order valence-corrected chi connectivity index (χ4v) is 10.4. The summed E-state index contributed by atoms with van der Waals surface area (Å²) >= 11 is 0. The summed E-state index contributed by atoms with van der Waals surface area (Å²) in [5.74, 6) is 1.17. The van der Waals surface area contributed by atoms with E-state index in [0.29, 0.717) is 44.7 Å². The topological polar surface area (TPSA) is 184 Å². The van der Waals surface area contributed by atoms with Gasteiger partial charge in [-0.3, -0.25) is 9.59 Å². The second-order valence-electron chi connectivity index (χ2n) is 17.7. The minimum Gasteiger partial charge on any atom is -0.453 e. The molecule has 15 heteroatoms. The van der Waals surface area contributed by atoms with Crippen molar-refractivity contribution < 1.29 is 33.4 Å². The largest absolute Gasteiger partial charge is 0.453 e. The lowest BCUT2D eigenvalue weighted by atomic mass is 9.89. The van der Waals surface area contributed by atoms with Gasteiger partial charge in [-0.2, -0.15) is 0 Å². The van der Waals surface area contributed by atoms with Crippen LogP contribution in [0.1, 0.15) is 85.1 Å². The number of aryl methyl sites for hydroxylation is 2. The molecule has 340 valence electrons. The third-order valence-corrected chi connectivity index (χ3v) is 13.9. The Hall–Kier alpha value is -7.00. The number of nitrogens with zero attached hydrogens (tertiary/aromatic N) is 4. The second kappa shape index (κ2) is 18.5. The highest BCUT2D eigenvalue weighted by atomic mass is 16.5. The first-order valence-electron chi connectivity index (χ1n) is 23.0. The summed E-state index contributed by atoms with van der Waals surface area (Å²) < 4.78 is 15.3. The number of hydrogen-bond acceptors (Lipinski definition) is 9.